The lowest BCUT2D eigenvalue weighted by Crippen LogP contribution is -2.16. The Balaban J connectivity index is 3.39. The second-order valence-corrected chi connectivity index (χ2v) is 5.45. The monoisotopic (exact) mass is 242 g/mol. The van der Waals surface area contributed by atoms with Crippen molar-refractivity contribution in [2.24, 2.45) is 5.92 Å². The van der Waals surface area contributed by atoms with Gasteiger partial charge in [-0.2, -0.15) is 0 Å². The summed E-state index contributed by atoms with van der Waals surface area (Å²) < 4.78 is 5.35. The molecule has 17 heavy (non-hydrogen) atoms. The predicted molar refractivity (Wildman–Crippen MR) is 73.0 cm³/mol. The van der Waals surface area contributed by atoms with Gasteiger partial charge >= 0.3 is 5.97 Å². The minimum atomic E-state index is -0.0431. The van der Waals surface area contributed by atoms with Crippen molar-refractivity contribution < 1.29 is 9.53 Å². The summed E-state index contributed by atoms with van der Waals surface area (Å²) in [6.45, 7) is 8.32. The highest BCUT2D eigenvalue weighted by Gasteiger charge is 2.10. The van der Waals surface area contributed by atoms with Gasteiger partial charge in [-0.3, -0.25) is 4.79 Å². The van der Waals surface area contributed by atoms with Gasteiger partial charge in [-0.15, -0.1) is 0 Å². The van der Waals surface area contributed by atoms with Crippen molar-refractivity contribution >= 4 is 5.97 Å². The molecule has 0 aromatic heterocycles. The third-order valence-corrected chi connectivity index (χ3v) is 2.87. The summed E-state index contributed by atoms with van der Waals surface area (Å²) in [5, 5.41) is 0. The smallest absolute Gasteiger partial charge is 0.306 e. The number of carbonyl (C=O) groups excluding carboxylic acids is 1. The molecule has 0 aliphatic rings. The fourth-order valence-corrected chi connectivity index (χ4v) is 1.88. The summed E-state index contributed by atoms with van der Waals surface area (Å²) >= 11 is 0. The zero-order chi connectivity index (χ0) is 13.1. The minimum absolute atomic E-state index is 0.0431. The summed E-state index contributed by atoms with van der Waals surface area (Å²) in [5.41, 5.74) is 0. The largest absolute Gasteiger partial charge is 0.463 e. The van der Waals surface area contributed by atoms with Crippen molar-refractivity contribution in [1.29, 1.82) is 0 Å². The van der Waals surface area contributed by atoms with Crippen LogP contribution >= 0.6 is 0 Å². The maximum atomic E-state index is 11.4. The summed E-state index contributed by atoms with van der Waals surface area (Å²) in [4.78, 5) is 11.4. The number of rotatable bonds is 10. The molecule has 2 nitrogen and oxygen atoms in total. The first-order valence-electron chi connectivity index (χ1n) is 7.25. The van der Waals surface area contributed by atoms with E-state index in [1.54, 1.807) is 0 Å². The molecule has 0 spiro atoms. The van der Waals surface area contributed by atoms with Gasteiger partial charge in [-0.1, -0.05) is 52.9 Å². The Labute approximate surface area is 107 Å². The number of unbranched alkanes of at least 4 members (excludes halogenated alkanes) is 5. The van der Waals surface area contributed by atoms with E-state index in [2.05, 4.69) is 6.92 Å². The molecule has 0 saturated carbocycles. The number of hydrogen-bond donors (Lipinski definition) is 0. The Bertz CT molecular complexity index is 187. The van der Waals surface area contributed by atoms with Crippen LogP contribution in [0.5, 0.6) is 0 Å². The van der Waals surface area contributed by atoms with E-state index in [9.17, 15) is 4.79 Å². The fraction of sp³-hybridized carbons (Fsp3) is 0.933. The lowest BCUT2D eigenvalue weighted by atomic mass is 10.1. The van der Waals surface area contributed by atoms with Gasteiger partial charge in [-0.05, 0) is 25.7 Å². The fourth-order valence-electron chi connectivity index (χ4n) is 1.88. The molecule has 0 radical (unpaired) electrons. The van der Waals surface area contributed by atoms with E-state index in [1.165, 1.54) is 38.5 Å². The van der Waals surface area contributed by atoms with Crippen LogP contribution in [-0.4, -0.2) is 12.1 Å². The van der Waals surface area contributed by atoms with E-state index in [0.717, 1.165) is 6.42 Å². The van der Waals surface area contributed by atoms with E-state index in [4.69, 9.17) is 4.74 Å². The predicted octanol–water partition coefficient (Wildman–Crippen LogP) is 4.71. The van der Waals surface area contributed by atoms with E-state index in [-0.39, 0.29) is 12.1 Å². The van der Waals surface area contributed by atoms with Gasteiger partial charge in [0.2, 0.25) is 0 Å². The van der Waals surface area contributed by atoms with Crippen LogP contribution in [0.3, 0.4) is 0 Å². The van der Waals surface area contributed by atoms with Crippen LogP contribution in [0.4, 0.5) is 0 Å². The average molecular weight is 242 g/mol. The Hall–Kier alpha value is -0.530. The Morgan fingerprint density at radius 3 is 2.18 bits per heavy atom. The molecule has 0 aliphatic heterocycles. The number of carbonyl (C=O) groups is 1. The van der Waals surface area contributed by atoms with Crippen molar-refractivity contribution in [3.05, 3.63) is 0 Å². The minimum Gasteiger partial charge on any atom is -0.463 e. The number of ether oxygens (including phenoxy) is 1. The second kappa shape index (κ2) is 10.6. The standard InChI is InChI=1S/C15H30O2/c1-5-6-7-8-9-10-11-14(4)17-15(16)12-13(2)3/h13-14H,5-12H2,1-4H3. The highest BCUT2D eigenvalue weighted by molar-refractivity contribution is 5.69. The Kier molecular flexibility index (Phi) is 10.3. The molecule has 0 aliphatic carbocycles. The van der Waals surface area contributed by atoms with Crippen molar-refractivity contribution in [3.8, 4) is 0 Å². The molecule has 0 aromatic carbocycles. The lowest BCUT2D eigenvalue weighted by Gasteiger charge is -2.14. The topological polar surface area (TPSA) is 26.3 Å². The summed E-state index contributed by atoms with van der Waals surface area (Å²) in [5.74, 6) is 0.349. The van der Waals surface area contributed by atoms with Gasteiger partial charge < -0.3 is 4.74 Å². The lowest BCUT2D eigenvalue weighted by molar-refractivity contribution is -0.149. The Morgan fingerprint density at radius 2 is 1.59 bits per heavy atom. The van der Waals surface area contributed by atoms with Gasteiger partial charge in [0.1, 0.15) is 0 Å². The third-order valence-electron chi connectivity index (χ3n) is 2.87. The van der Waals surface area contributed by atoms with Gasteiger partial charge in [0.05, 0.1) is 6.10 Å². The highest BCUT2D eigenvalue weighted by atomic mass is 16.5. The summed E-state index contributed by atoms with van der Waals surface area (Å²) in [6.07, 6.45) is 9.40. The van der Waals surface area contributed by atoms with E-state index >= 15 is 0 Å². The van der Waals surface area contributed by atoms with Crippen LogP contribution in [0.15, 0.2) is 0 Å². The molecule has 102 valence electrons. The van der Waals surface area contributed by atoms with Gasteiger partial charge in [0, 0.05) is 6.42 Å². The molecule has 2 heteroatoms. The van der Waals surface area contributed by atoms with Gasteiger partial charge in [0.15, 0.2) is 0 Å². The van der Waals surface area contributed by atoms with Crippen LogP contribution in [-0.2, 0) is 9.53 Å². The molecule has 0 amide bonds. The number of esters is 1. The summed E-state index contributed by atoms with van der Waals surface area (Å²) in [6, 6.07) is 0. The maximum Gasteiger partial charge on any atom is 0.306 e. The molecular weight excluding hydrogens is 212 g/mol. The quantitative estimate of drug-likeness (QED) is 0.409. The maximum absolute atomic E-state index is 11.4. The molecule has 1 unspecified atom stereocenters. The molecular formula is C15H30O2. The first-order valence-corrected chi connectivity index (χ1v) is 7.25. The van der Waals surface area contributed by atoms with Crippen LogP contribution in [0.25, 0.3) is 0 Å². The molecule has 0 saturated heterocycles. The molecule has 0 rings (SSSR count). The van der Waals surface area contributed by atoms with Crippen LogP contribution < -0.4 is 0 Å². The number of hydrogen-bond acceptors (Lipinski definition) is 2. The van der Waals surface area contributed by atoms with Gasteiger partial charge in [0.25, 0.3) is 0 Å². The molecule has 0 heterocycles. The van der Waals surface area contributed by atoms with Crippen LogP contribution in [0.2, 0.25) is 0 Å². The molecule has 1 atom stereocenters. The molecule has 0 bridgehead atoms. The third kappa shape index (κ3) is 11.7. The van der Waals surface area contributed by atoms with Gasteiger partial charge in [-0.25, -0.2) is 0 Å². The zero-order valence-corrected chi connectivity index (χ0v) is 12.1. The van der Waals surface area contributed by atoms with Crippen molar-refractivity contribution in [3.63, 3.8) is 0 Å². The van der Waals surface area contributed by atoms with Crippen molar-refractivity contribution in [2.45, 2.75) is 85.2 Å². The molecule has 0 N–H and O–H groups in total. The SMILES string of the molecule is CCCCCCCCC(C)OC(=O)CC(C)C. The van der Waals surface area contributed by atoms with Crippen molar-refractivity contribution in [2.75, 3.05) is 0 Å². The summed E-state index contributed by atoms with van der Waals surface area (Å²) in [7, 11) is 0. The Morgan fingerprint density at radius 1 is 1.00 bits per heavy atom. The van der Waals surface area contributed by atoms with E-state index in [1.807, 2.05) is 20.8 Å². The van der Waals surface area contributed by atoms with E-state index < -0.39 is 0 Å². The molecule has 0 fully saturated rings. The normalized spacial score (nSPS) is 12.8. The zero-order valence-electron chi connectivity index (χ0n) is 12.1. The van der Waals surface area contributed by atoms with E-state index in [0.29, 0.717) is 12.3 Å². The second-order valence-electron chi connectivity index (χ2n) is 5.45. The molecule has 0 aromatic rings. The first kappa shape index (κ1) is 16.5. The first-order chi connectivity index (χ1) is 8.06. The van der Waals surface area contributed by atoms with Crippen molar-refractivity contribution in [1.82, 2.24) is 0 Å². The van der Waals surface area contributed by atoms with Crippen LogP contribution in [0.1, 0.15) is 79.1 Å². The average Bonchev–Trinajstić information content (AvgIpc) is 2.21. The van der Waals surface area contributed by atoms with Crippen LogP contribution in [0, 0.1) is 5.92 Å². The highest BCUT2D eigenvalue weighted by Crippen LogP contribution is 2.11.